The molecule has 1 aromatic rings. The number of hydrogen-bond acceptors (Lipinski definition) is 3. The minimum Gasteiger partial charge on any atom is -0.387 e. The van der Waals surface area contributed by atoms with Gasteiger partial charge >= 0.3 is 0 Å². The molecule has 0 bridgehead atoms. The largest absolute Gasteiger partial charge is 0.387 e. The number of aliphatic hydroxyl groups is 1. The number of aryl methyl sites for hydroxylation is 1. The maximum absolute atomic E-state index is 9.64. The van der Waals surface area contributed by atoms with Crippen molar-refractivity contribution in [3.8, 4) is 0 Å². The predicted octanol–water partition coefficient (Wildman–Crippen LogP) is 0.546. The lowest BCUT2D eigenvalue weighted by molar-refractivity contribution is 0.175. The standard InChI is InChI=1S/C9H17N3O/c1-3-10-6-9(13)8-5-11-12(4-2)7-8/h5,7,9-10,13H,3-4,6H2,1-2H3. The van der Waals surface area contributed by atoms with Crippen molar-refractivity contribution in [1.82, 2.24) is 15.1 Å². The summed E-state index contributed by atoms with van der Waals surface area (Å²) in [6.07, 6.45) is 3.15. The molecule has 0 radical (unpaired) electrons. The molecule has 0 amide bonds. The Morgan fingerprint density at radius 3 is 2.92 bits per heavy atom. The lowest BCUT2D eigenvalue weighted by Crippen LogP contribution is -2.20. The van der Waals surface area contributed by atoms with E-state index >= 15 is 0 Å². The lowest BCUT2D eigenvalue weighted by Gasteiger charge is -2.07. The zero-order chi connectivity index (χ0) is 9.68. The van der Waals surface area contributed by atoms with Gasteiger partial charge in [-0.05, 0) is 13.5 Å². The quantitative estimate of drug-likeness (QED) is 0.700. The molecule has 1 aromatic heterocycles. The fraction of sp³-hybridized carbons (Fsp3) is 0.667. The summed E-state index contributed by atoms with van der Waals surface area (Å²) in [5, 5.41) is 16.8. The normalized spacial score (nSPS) is 13.2. The van der Waals surface area contributed by atoms with Gasteiger partial charge in [0.1, 0.15) is 0 Å². The van der Waals surface area contributed by atoms with Gasteiger partial charge in [0.15, 0.2) is 0 Å². The molecule has 0 saturated carbocycles. The van der Waals surface area contributed by atoms with E-state index < -0.39 is 6.10 Å². The molecule has 1 rings (SSSR count). The monoisotopic (exact) mass is 183 g/mol. The Morgan fingerprint density at radius 1 is 1.62 bits per heavy atom. The Labute approximate surface area is 78.6 Å². The summed E-state index contributed by atoms with van der Waals surface area (Å²) in [6.45, 7) is 6.34. The van der Waals surface area contributed by atoms with Crippen molar-refractivity contribution < 1.29 is 5.11 Å². The minimum atomic E-state index is -0.444. The van der Waals surface area contributed by atoms with Crippen molar-refractivity contribution >= 4 is 0 Å². The molecule has 0 aliphatic carbocycles. The maximum atomic E-state index is 9.64. The molecule has 4 heteroatoms. The molecule has 0 aromatic carbocycles. The van der Waals surface area contributed by atoms with E-state index in [1.807, 2.05) is 24.7 Å². The lowest BCUT2D eigenvalue weighted by atomic mass is 10.2. The van der Waals surface area contributed by atoms with Gasteiger partial charge in [0.05, 0.1) is 12.3 Å². The van der Waals surface area contributed by atoms with E-state index in [9.17, 15) is 5.11 Å². The zero-order valence-electron chi connectivity index (χ0n) is 8.20. The third-order valence-corrected chi connectivity index (χ3v) is 1.95. The molecule has 74 valence electrons. The van der Waals surface area contributed by atoms with Gasteiger partial charge in [-0.3, -0.25) is 4.68 Å². The van der Waals surface area contributed by atoms with E-state index in [0.29, 0.717) is 6.54 Å². The Morgan fingerprint density at radius 2 is 2.38 bits per heavy atom. The van der Waals surface area contributed by atoms with Crippen LogP contribution in [0.5, 0.6) is 0 Å². The van der Waals surface area contributed by atoms with Crippen molar-refractivity contribution in [1.29, 1.82) is 0 Å². The Bertz CT molecular complexity index is 247. The molecular formula is C9H17N3O. The highest BCUT2D eigenvalue weighted by atomic mass is 16.3. The highest BCUT2D eigenvalue weighted by molar-refractivity contribution is 5.08. The van der Waals surface area contributed by atoms with Crippen LogP contribution in [0.4, 0.5) is 0 Å². The van der Waals surface area contributed by atoms with Gasteiger partial charge in [0.25, 0.3) is 0 Å². The number of nitrogens with one attached hydrogen (secondary N) is 1. The van der Waals surface area contributed by atoms with Crippen LogP contribution in [-0.2, 0) is 6.54 Å². The number of aliphatic hydroxyl groups excluding tert-OH is 1. The van der Waals surface area contributed by atoms with E-state index in [2.05, 4.69) is 10.4 Å². The summed E-state index contributed by atoms with van der Waals surface area (Å²) in [5.74, 6) is 0. The Kier molecular flexibility index (Phi) is 3.92. The number of aromatic nitrogens is 2. The van der Waals surface area contributed by atoms with Crippen LogP contribution in [0, 0.1) is 0 Å². The molecule has 0 saturated heterocycles. The van der Waals surface area contributed by atoms with Crippen LogP contribution in [0.15, 0.2) is 12.4 Å². The van der Waals surface area contributed by atoms with E-state index in [0.717, 1.165) is 18.7 Å². The number of nitrogens with zero attached hydrogens (tertiary/aromatic N) is 2. The molecule has 0 aliphatic heterocycles. The third-order valence-electron chi connectivity index (χ3n) is 1.95. The predicted molar refractivity (Wildman–Crippen MR) is 51.4 cm³/mol. The number of likely N-dealkylation sites (N-methyl/N-ethyl adjacent to an activating group) is 1. The van der Waals surface area contributed by atoms with E-state index in [-0.39, 0.29) is 0 Å². The van der Waals surface area contributed by atoms with Crippen LogP contribution < -0.4 is 5.32 Å². The number of hydrogen-bond donors (Lipinski definition) is 2. The van der Waals surface area contributed by atoms with E-state index in [1.54, 1.807) is 6.20 Å². The summed E-state index contributed by atoms with van der Waals surface area (Å²) in [4.78, 5) is 0. The first-order valence-electron chi connectivity index (χ1n) is 4.69. The van der Waals surface area contributed by atoms with Crippen LogP contribution in [-0.4, -0.2) is 28.0 Å². The number of rotatable bonds is 5. The van der Waals surface area contributed by atoms with Crippen LogP contribution in [0.3, 0.4) is 0 Å². The molecule has 0 aliphatic rings. The van der Waals surface area contributed by atoms with E-state index in [1.165, 1.54) is 0 Å². The molecule has 0 spiro atoms. The second-order valence-electron chi connectivity index (χ2n) is 2.95. The fourth-order valence-electron chi connectivity index (χ4n) is 1.12. The molecule has 1 unspecified atom stereocenters. The van der Waals surface area contributed by atoms with Crippen LogP contribution in [0.25, 0.3) is 0 Å². The van der Waals surface area contributed by atoms with Crippen molar-refractivity contribution in [2.45, 2.75) is 26.5 Å². The molecular weight excluding hydrogens is 166 g/mol. The fourth-order valence-corrected chi connectivity index (χ4v) is 1.12. The van der Waals surface area contributed by atoms with Gasteiger partial charge < -0.3 is 10.4 Å². The highest BCUT2D eigenvalue weighted by Gasteiger charge is 2.08. The molecule has 13 heavy (non-hydrogen) atoms. The van der Waals surface area contributed by atoms with Crippen molar-refractivity contribution in [3.05, 3.63) is 18.0 Å². The van der Waals surface area contributed by atoms with E-state index in [4.69, 9.17) is 0 Å². The first kappa shape index (κ1) is 10.2. The molecule has 2 N–H and O–H groups in total. The topological polar surface area (TPSA) is 50.1 Å². The second-order valence-corrected chi connectivity index (χ2v) is 2.95. The van der Waals surface area contributed by atoms with Crippen LogP contribution in [0.1, 0.15) is 25.5 Å². The average molecular weight is 183 g/mol. The SMILES string of the molecule is CCNCC(O)c1cnn(CC)c1. The van der Waals surface area contributed by atoms with Gasteiger partial charge in [0, 0.05) is 24.8 Å². The summed E-state index contributed by atoms with van der Waals surface area (Å²) in [7, 11) is 0. The van der Waals surface area contributed by atoms with Crippen LogP contribution in [0.2, 0.25) is 0 Å². The van der Waals surface area contributed by atoms with Crippen molar-refractivity contribution in [2.24, 2.45) is 0 Å². The summed E-state index contributed by atoms with van der Waals surface area (Å²) >= 11 is 0. The summed E-state index contributed by atoms with van der Waals surface area (Å²) < 4.78 is 1.81. The Balaban J connectivity index is 2.50. The molecule has 4 nitrogen and oxygen atoms in total. The summed E-state index contributed by atoms with van der Waals surface area (Å²) in [5.41, 5.74) is 0.878. The first-order chi connectivity index (χ1) is 6.27. The molecule has 1 heterocycles. The van der Waals surface area contributed by atoms with Gasteiger partial charge in [0.2, 0.25) is 0 Å². The molecule has 1 atom stereocenters. The van der Waals surface area contributed by atoms with Crippen LogP contribution >= 0.6 is 0 Å². The van der Waals surface area contributed by atoms with Gasteiger partial charge in [-0.25, -0.2) is 0 Å². The second kappa shape index (κ2) is 4.99. The van der Waals surface area contributed by atoms with Gasteiger partial charge in [-0.15, -0.1) is 0 Å². The maximum Gasteiger partial charge on any atom is 0.0944 e. The first-order valence-corrected chi connectivity index (χ1v) is 4.69. The smallest absolute Gasteiger partial charge is 0.0944 e. The minimum absolute atomic E-state index is 0.444. The van der Waals surface area contributed by atoms with Crippen molar-refractivity contribution in [3.63, 3.8) is 0 Å². The highest BCUT2D eigenvalue weighted by Crippen LogP contribution is 2.09. The third kappa shape index (κ3) is 2.82. The average Bonchev–Trinajstić information content (AvgIpc) is 2.62. The zero-order valence-corrected chi connectivity index (χ0v) is 8.20. The van der Waals surface area contributed by atoms with Crippen molar-refractivity contribution in [2.75, 3.05) is 13.1 Å². The Hall–Kier alpha value is -0.870. The van der Waals surface area contributed by atoms with Gasteiger partial charge in [-0.2, -0.15) is 5.10 Å². The van der Waals surface area contributed by atoms with Gasteiger partial charge in [-0.1, -0.05) is 6.92 Å². The summed E-state index contributed by atoms with van der Waals surface area (Å²) in [6, 6.07) is 0. The molecule has 0 fully saturated rings.